The number of carbonyl (C=O) groups excluding carboxylic acids is 1. The molecule has 0 aliphatic heterocycles. The van der Waals surface area contributed by atoms with Crippen LogP contribution in [0.3, 0.4) is 0 Å². The summed E-state index contributed by atoms with van der Waals surface area (Å²) in [5, 5.41) is 7.48. The van der Waals surface area contributed by atoms with Crippen LogP contribution in [-0.4, -0.2) is 43.6 Å². The number of hydrogen-bond donors (Lipinski definition) is 1. The Morgan fingerprint density at radius 3 is 2.37 bits per heavy atom. The van der Waals surface area contributed by atoms with Gasteiger partial charge in [0.05, 0.1) is 28.6 Å². The zero-order valence-corrected chi connectivity index (χ0v) is 18.1. The molecule has 30 heavy (non-hydrogen) atoms. The molecule has 0 radical (unpaired) electrons. The lowest BCUT2D eigenvalue weighted by Gasteiger charge is -2.08. The average molecular weight is 428 g/mol. The van der Waals surface area contributed by atoms with Crippen LogP contribution < -0.4 is 5.32 Å². The molecule has 3 aromatic rings. The molecule has 0 aliphatic carbocycles. The quantitative estimate of drug-likeness (QED) is 0.597. The van der Waals surface area contributed by atoms with Gasteiger partial charge in [-0.3, -0.25) is 4.79 Å². The summed E-state index contributed by atoms with van der Waals surface area (Å²) >= 11 is 0. The maximum atomic E-state index is 12.5. The van der Waals surface area contributed by atoms with Gasteiger partial charge in [-0.1, -0.05) is 18.2 Å². The third-order valence-corrected chi connectivity index (χ3v) is 6.59. The topological polar surface area (TPSA) is 90.3 Å². The second-order valence-corrected chi connectivity index (χ2v) is 9.02. The van der Waals surface area contributed by atoms with Crippen LogP contribution in [0.2, 0.25) is 0 Å². The summed E-state index contributed by atoms with van der Waals surface area (Å²) in [6.07, 6.45) is 0. The van der Waals surface area contributed by atoms with Gasteiger partial charge >= 0.3 is 0 Å². The summed E-state index contributed by atoms with van der Waals surface area (Å²) in [7, 11) is -1.97. The van der Waals surface area contributed by atoms with E-state index in [1.54, 1.807) is 0 Å². The normalized spacial score (nSPS) is 11.4. The molecule has 0 saturated heterocycles. The van der Waals surface area contributed by atoms with Gasteiger partial charge in [-0.25, -0.2) is 13.1 Å². The summed E-state index contributed by atoms with van der Waals surface area (Å²) in [6.45, 7) is 4.33. The number of nitrogens with zero attached hydrogens (tertiary/aromatic N) is 2. The molecule has 7 nitrogen and oxygen atoms in total. The molecule has 1 heterocycles. The lowest BCUT2D eigenvalue weighted by Crippen LogP contribution is -2.23. The number of carbonyl (C=O) groups is 1. The SMILES string of the molecule is COCCS(=O)(=O)c1ccc(C(=O)NCc2c(C)nn(-c3ccccc3)c2C)cc1. The van der Waals surface area contributed by atoms with Gasteiger partial charge in [0.15, 0.2) is 9.84 Å². The fourth-order valence-electron chi connectivity index (χ4n) is 3.15. The molecule has 0 atom stereocenters. The minimum atomic E-state index is -3.42. The van der Waals surface area contributed by atoms with Crippen molar-refractivity contribution in [1.82, 2.24) is 15.1 Å². The molecule has 8 heteroatoms. The molecule has 0 fully saturated rings. The molecular weight excluding hydrogens is 402 g/mol. The number of aryl methyl sites for hydroxylation is 1. The minimum absolute atomic E-state index is 0.0982. The van der Waals surface area contributed by atoms with E-state index in [1.165, 1.54) is 31.4 Å². The maximum absolute atomic E-state index is 12.5. The van der Waals surface area contributed by atoms with Gasteiger partial charge in [-0.05, 0) is 50.2 Å². The number of ether oxygens (including phenoxy) is 1. The zero-order valence-electron chi connectivity index (χ0n) is 17.3. The number of hydrogen-bond acceptors (Lipinski definition) is 5. The van der Waals surface area contributed by atoms with Gasteiger partial charge in [-0.15, -0.1) is 0 Å². The van der Waals surface area contributed by atoms with Gasteiger partial charge in [0, 0.05) is 30.5 Å². The maximum Gasteiger partial charge on any atom is 0.251 e. The smallest absolute Gasteiger partial charge is 0.251 e. The van der Waals surface area contributed by atoms with Gasteiger partial charge in [-0.2, -0.15) is 5.10 Å². The predicted molar refractivity (Wildman–Crippen MR) is 115 cm³/mol. The van der Waals surface area contributed by atoms with Crippen LogP contribution in [0.15, 0.2) is 59.5 Å². The number of para-hydroxylation sites is 1. The number of amides is 1. The molecule has 158 valence electrons. The van der Waals surface area contributed by atoms with E-state index in [1.807, 2.05) is 48.9 Å². The van der Waals surface area contributed by atoms with Crippen molar-refractivity contribution < 1.29 is 17.9 Å². The van der Waals surface area contributed by atoms with Crippen LogP contribution in [0.1, 0.15) is 27.3 Å². The van der Waals surface area contributed by atoms with Crippen molar-refractivity contribution in [2.24, 2.45) is 0 Å². The second kappa shape index (κ2) is 9.23. The van der Waals surface area contributed by atoms with Crippen LogP contribution >= 0.6 is 0 Å². The highest BCUT2D eigenvalue weighted by molar-refractivity contribution is 7.91. The van der Waals surface area contributed by atoms with E-state index < -0.39 is 9.84 Å². The number of rotatable bonds is 8. The number of nitrogens with one attached hydrogen (secondary N) is 1. The van der Waals surface area contributed by atoms with E-state index in [2.05, 4.69) is 10.4 Å². The Morgan fingerprint density at radius 1 is 1.07 bits per heavy atom. The van der Waals surface area contributed by atoms with Crippen LogP contribution in [-0.2, 0) is 21.1 Å². The Balaban J connectivity index is 1.70. The largest absolute Gasteiger partial charge is 0.384 e. The Bertz CT molecular complexity index is 1120. The highest BCUT2D eigenvalue weighted by Crippen LogP contribution is 2.18. The Labute approximate surface area is 176 Å². The van der Waals surface area contributed by atoms with Crippen molar-refractivity contribution in [3.05, 3.63) is 77.1 Å². The average Bonchev–Trinajstić information content (AvgIpc) is 3.04. The number of aromatic nitrogens is 2. The fraction of sp³-hybridized carbons (Fsp3) is 0.273. The first kappa shape index (κ1) is 21.7. The lowest BCUT2D eigenvalue weighted by molar-refractivity contribution is 0.0950. The molecule has 1 aromatic heterocycles. The molecule has 0 spiro atoms. The van der Waals surface area contributed by atoms with Crippen LogP contribution in [0.25, 0.3) is 5.69 Å². The number of sulfone groups is 1. The van der Waals surface area contributed by atoms with Crippen molar-refractivity contribution in [2.45, 2.75) is 25.3 Å². The predicted octanol–water partition coefficient (Wildman–Crippen LogP) is 2.84. The van der Waals surface area contributed by atoms with Crippen LogP contribution in [0.5, 0.6) is 0 Å². The third kappa shape index (κ3) is 4.77. The van der Waals surface area contributed by atoms with Crippen LogP contribution in [0.4, 0.5) is 0 Å². The summed E-state index contributed by atoms with van der Waals surface area (Å²) in [6, 6.07) is 15.7. The van der Waals surface area contributed by atoms with Gasteiger partial charge < -0.3 is 10.1 Å². The standard InChI is InChI=1S/C22H25N3O4S/c1-16-21(17(2)25(24-16)19-7-5-4-6-8-19)15-23-22(26)18-9-11-20(12-10-18)30(27,28)14-13-29-3/h4-12H,13-15H2,1-3H3,(H,23,26). The molecule has 1 N–H and O–H groups in total. The van der Waals surface area contributed by atoms with Gasteiger partial charge in [0.25, 0.3) is 5.91 Å². The monoisotopic (exact) mass is 427 g/mol. The molecule has 3 rings (SSSR count). The van der Waals surface area contributed by atoms with E-state index in [4.69, 9.17) is 4.74 Å². The molecule has 0 saturated carbocycles. The lowest BCUT2D eigenvalue weighted by atomic mass is 10.1. The summed E-state index contributed by atoms with van der Waals surface area (Å²) in [4.78, 5) is 12.7. The van der Waals surface area contributed by atoms with Crippen molar-refractivity contribution in [3.8, 4) is 5.69 Å². The van der Waals surface area contributed by atoms with E-state index in [9.17, 15) is 13.2 Å². The minimum Gasteiger partial charge on any atom is -0.384 e. The first-order valence-electron chi connectivity index (χ1n) is 9.54. The highest BCUT2D eigenvalue weighted by Gasteiger charge is 2.16. The number of methoxy groups -OCH3 is 1. The zero-order chi connectivity index (χ0) is 21.7. The summed E-state index contributed by atoms with van der Waals surface area (Å²) < 4.78 is 31.1. The molecule has 0 unspecified atom stereocenters. The Morgan fingerprint density at radius 2 is 1.73 bits per heavy atom. The summed E-state index contributed by atoms with van der Waals surface area (Å²) in [5.41, 5.74) is 4.10. The van der Waals surface area contributed by atoms with Crippen molar-refractivity contribution in [1.29, 1.82) is 0 Å². The van der Waals surface area contributed by atoms with Crippen LogP contribution in [0, 0.1) is 13.8 Å². The second-order valence-electron chi connectivity index (χ2n) is 6.92. The van der Waals surface area contributed by atoms with E-state index in [0.29, 0.717) is 12.1 Å². The van der Waals surface area contributed by atoms with E-state index in [-0.39, 0.29) is 23.2 Å². The Hall–Kier alpha value is -2.97. The highest BCUT2D eigenvalue weighted by atomic mass is 32.2. The third-order valence-electron chi connectivity index (χ3n) is 4.90. The van der Waals surface area contributed by atoms with Gasteiger partial charge in [0.1, 0.15) is 0 Å². The molecule has 0 bridgehead atoms. The molecule has 1 amide bonds. The summed E-state index contributed by atoms with van der Waals surface area (Å²) in [5.74, 6) is -0.374. The molecule has 0 aliphatic rings. The Kier molecular flexibility index (Phi) is 6.69. The van der Waals surface area contributed by atoms with Crippen molar-refractivity contribution in [2.75, 3.05) is 19.5 Å². The molecular formula is C22H25N3O4S. The number of benzene rings is 2. The van der Waals surface area contributed by atoms with Gasteiger partial charge in [0.2, 0.25) is 0 Å². The van der Waals surface area contributed by atoms with E-state index >= 15 is 0 Å². The first-order chi connectivity index (χ1) is 14.3. The fourth-order valence-corrected chi connectivity index (χ4v) is 4.32. The molecule has 2 aromatic carbocycles. The van der Waals surface area contributed by atoms with E-state index in [0.717, 1.165) is 22.6 Å². The van der Waals surface area contributed by atoms with Crippen molar-refractivity contribution >= 4 is 15.7 Å². The van der Waals surface area contributed by atoms with Crippen molar-refractivity contribution in [3.63, 3.8) is 0 Å². The first-order valence-corrected chi connectivity index (χ1v) is 11.2.